The molecular formula is C19H18N4O3S2. The maximum absolute atomic E-state index is 12.4. The summed E-state index contributed by atoms with van der Waals surface area (Å²) in [5, 5.41) is 14.5. The van der Waals surface area contributed by atoms with E-state index in [1.165, 1.54) is 16.6 Å². The molecule has 0 bridgehead atoms. The highest BCUT2D eigenvalue weighted by Gasteiger charge is 2.30. The van der Waals surface area contributed by atoms with Crippen LogP contribution in [0.25, 0.3) is 0 Å². The number of carbonyl (C=O) groups excluding carboxylic acids is 1. The van der Waals surface area contributed by atoms with Crippen LogP contribution in [0.1, 0.15) is 29.6 Å². The van der Waals surface area contributed by atoms with Crippen LogP contribution in [0.4, 0.5) is 5.69 Å². The molecule has 1 fully saturated rings. The third-order valence-corrected chi connectivity index (χ3v) is 6.37. The van der Waals surface area contributed by atoms with Gasteiger partial charge in [-0.25, -0.2) is 0 Å². The van der Waals surface area contributed by atoms with Crippen molar-refractivity contribution in [3.05, 3.63) is 46.4 Å². The van der Waals surface area contributed by atoms with Crippen molar-refractivity contribution in [1.29, 1.82) is 0 Å². The van der Waals surface area contributed by atoms with Gasteiger partial charge in [-0.05, 0) is 36.4 Å². The number of fused-ring (bicyclic) bond motifs is 1. The summed E-state index contributed by atoms with van der Waals surface area (Å²) in [4.78, 5) is 13.7. The van der Waals surface area contributed by atoms with E-state index < -0.39 is 0 Å². The number of amides is 1. The van der Waals surface area contributed by atoms with E-state index in [4.69, 9.17) is 9.47 Å². The molecule has 7 nitrogen and oxygen atoms in total. The van der Waals surface area contributed by atoms with E-state index in [9.17, 15) is 4.79 Å². The first kappa shape index (κ1) is 17.6. The summed E-state index contributed by atoms with van der Waals surface area (Å²) in [5.41, 5.74) is 0.692. The molecular weight excluding hydrogens is 396 g/mol. The number of ether oxygens (including phenoxy) is 2. The Balaban J connectivity index is 1.24. The van der Waals surface area contributed by atoms with Gasteiger partial charge in [0, 0.05) is 29.1 Å². The Morgan fingerprint density at radius 3 is 2.96 bits per heavy atom. The molecule has 144 valence electrons. The van der Waals surface area contributed by atoms with E-state index in [0.717, 1.165) is 30.2 Å². The molecule has 3 aromatic rings. The lowest BCUT2D eigenvalue weighted by atomic mass is 10.3. The summed E-state index contributed by atoms with van der Waals surface area (Å²) in [7, 11) is 0. The van der Waals surface area contributed by atoms with Crippen LogP contribution in [0.2, 0.25) is 0 Å². The fourth-order valence-electron chi connectivity index (χ4n) is 3.10. The minimum atomic E-state index is -0.0889. The number of anilines is 1. The average Bonchev–Trinajstić information content (AvgIpc) is 3.10. The van der Waals surface area contributed by atoms with Crippen LogP contribution in [-0.4, -0.2) is 33.2 Å². The number of benzene rings is 1. The standard InChI is InChI=1S/C19H18N4O3S2/c24-18(20-12-3-6-15-16(8-12)26-11-25-15)10-28-19-22-21-17(23(19)13-4-5-13)9-14-2-1-7-27-14/h1-3,6-8,13H,4-5,9-11H2,(H,20,24). The predicted octanol–water partition coefficient (Wildman–Crippen LogP) is 3.72. The number of nitrogens with one attached hydrogen (secondary N) is 1. The zero-order chi connectivity index (χ0) is 18.9. The summed E-state index contributed by atoms with van der Waals surface area (Å²) < 4.78 is 12.8. The summed E-state index contributed by atoms with van der Waals surface area (Å²) in [6.45, 7) is 0.215. The Hall–Kier alpha value is -2.52. The highest BCUT2D eigenvalue weighted by molar-refractivity contribution is 7.99. The second-order valence-corrected chi connectivity index (χ2v) is 8.64. The van der Waals surface area contributed by atoms with Crippen molar-refractivity contribution in [2.45, 2.75) is 30.5 Å². The van der Waals surface area contributed by atoms with Crippen molar-refractivity contribution in [2.24, 2.45) is 0 Å². The monoisotopic (exact) mass is 414 g/mol. The molecule has 1 aliphatic heterocycles. The molecule has 9 heteroatoms. The lowest BCUT2D eigenvalue weighted by Crippen LogP contribution is -2.14. The Morgan fingerprint density at radius 1 is 1.25 bits per heavy atom. The molecule has 0 atom stereocenters. The third-order valence-electron chi connectivity index (χ3n) is 4.55. The predicted molar refractivity (Wildman–Crippen MR) is 107 cm³/mol. The molecule has 28 heavy (non-hydrogen) atoms. The quantitative estimate of drug-likeness (QED) is 0.594. The van der Waals surface area contributed by atoms with Gasteiger partial charge in [0.1, 0.15) is 5.82 Å². The lowest BCUT2D eigenvalue weighted by molar-refractivity contribution is -0.113. The molecule has 2 aliphatic rings. The van der Waals surface area contributed by atoms with E-state index >= 15 is 0 Å². The number of nitrogens with zero attached hydrogens (tertiary/aromatic N) is 3. The van der Waals surface area contributed by atoms with Gasteiger partial charge < -0.3 is 19.4 Å². The van der Waals surface area contributed by atoms with Gasteiger partial charge in [0.15, 0.2) is 16.7 Å². The topological polar surface area (TPSA) is 78.3 Å². The number of carbonyl (C=O) groups is 1. The molecule has 2 aromatic heterocycles. The van der Waals surface area contributed by atoms with Gasteiger partial charge in [-0.3, -0.25) is 4.79 Å². The first-order chi connectivity index (χ1) is 13.8. The molecule has 0 spiro atoms. The van der Waals surface area contributed by atoms with Crippen molar-refractivity contribution in [3.8, 4) is 11.5 Å². The van der Waals surface area contributed by atoms with Crippen molar-refractivity contribution >= 4 is 34.7 Å². The number of aromatic nitrogens is 3. The van der Waals surface area contributed by atoms with E-state index in [1.807, 2.05) is 12.1 Å². The molecule has 0 radical (unpaired) electrons. The Morgan fingerprint density at radius 2 is 2.14 bits per heavy atom. The summed E-state index contributed by atoms with van der Waals surface area (Å²) >= 11 is 3.15. The van der Waals surface area contributed by atoms with E-state index in [1.54, 1.807) is 23.5 Å². The molecule has 3 heterocycles. The summed E-state index contributed by atoms with van der Waals surface area (Å²) in [6, 6.07) is 10.0. The number of hydrogen-bond acceptors (Lipinski definition) is 7. The summed E-state index contributed by atoms with van der Waals surface area (Å²) in [6.07, 6.45) is 3.07. The van der Waals surface area contributed by atoms with Crippen molar-refractivity contribution in [2.75, 3.05) is 17.9 Å². The van der Waals surface area contributed by atoms with Gasteiger partial charge >= 0.3 is 0 Å². The molecule has 1 amide bonds. The van der Waals surface area contributed by atoms with Crippen molar-refractivity contribution in [3.63, 3.8) is 0 Å². The van der Waals surface area contributed by atoms with Gasteiger partial charge in [-0.2, -0.15) is 0 Å². The minimum Gasteiger partial charge on any atom is -0.454 e. The maximum Gasteiger partial charge on any atom is 0.234 e. The van der Waals surface area contributed by atoms with Crippen LogP contribution in [0.3, 0.4) is 0 Å². The normalized spacial score (nSPS) is 15.0. The zero-order valence-corrected chi connectivity index (χ0v) is 16.6. The molecule has 5 rings (SSSR count). The van der Waals surface area contributed by atoms with Crippen LogP contribution in [-0.2, 0) is 11.2 Å². The van der Waals surface area contributed by atoms with Crippen LogP contribution in [0.15, 0.2) is 40.9 Å². The highest BCUT2D eigenvalue weighted by atomic mass is 32.2. The molecule has 1 aliphatic carbocycles. The molecule has 1 N–H and O–H groups in total. The van der Waals surface area contributed by atoms with E-state index in [2.05, 4.69) is 31.5 Å². The fraction of sp³-hybridized carbons (Fsp3) is 0.316. The van der Waals surface area contributed by atoms with Crippen LogP contribution >= 0.6 is 23.1 Å². The molecule has 1 saturated carbocycles. The second kappa shape index (κ2) is 7.48. The highest BCUT2D eigenvalue weighted by Crippen LogP contribution is 2.39. The van der Waals surface area contributed by atoms with Crippen LogP contribution < -0.4 is 14.8 Å². The molecule has 1 aromatic carbocycles. The largest absolute Gasteiger partial charge is 0.454 e. The smallest absolute Gasteiger partial charge is 0.234 e. The molecule has 0 saturated heterocycles. The van der Waals surface area contributed by atoms with Crippen LogP contribution in [0.5, 0.6) is 11.5 Å². The number of rotatable bonds is 7. The lowest BCUT2D eigenvalue weighted by Gasteiger charge is -2.09. The Bertz CT molecular complexity index is 999. The fourth-order valence-corrected chi connectivity index (χ4v) is 4.62. The van der Waals surface area contributed by atoms with Crippen molar-refractivity contribution in [1.82, 2.24) is 14.8 Å². The van der Waals surface area contributed by atoms with Gasteiger partial charge in [-0.1, -0.05) is 17.8 Å². The van der Waals surface area contributed by atoms with Gasteiger partial charge in [0.2, 0.25) is 12.7 Å². The maximum atomic E-state index is 12.4. The minimum absolute atomic E-state index is 0.0889. The molecule has 0 unspecified atom stereocenters. The Labute approximate surface area is 170 Å². The SMILES string of the molecule is O=C(CSc1nnc(Cc2cccs2)n1C1CC1)Nc1ccc2c(c1)OCO2. The first-order valence-electron chi connectivity index (χ1n) is 9.05. The van der Waals surface area contributed by atoms with Crippen LogP contribution in [0, 0.1) is 0 Å². The zero-order valence-electron chi connectivity index (χ0n) is 15.0. The van der Waals surface area contributed by atoms with E-state index in [-0.39, 0.29) is 18.5 Å². The average molecular weight is 415 g/mol. The Kier molecular flexibility index (Phi) is 4.69. The second-order valence-electron chi connectivity index (χ2n) is 6.66. The number of thioether (sulfide) groups is 1. The summed E-state index contributed by atoms with van der Waals surface area (Å²) in [5.74, 6) is 2.51. The van der Waals surface area contributed by atoms with E-state index in [0.29, 0.717) is 23.2 Å². The van der Waals surface area contributed by atoms with Crippen molar-refractivity contribution < 1.29 is 14.3 Å². The number of hydrogen-bond donors (Lipinski definition) is 1. The van der Waals surface area contributed by atoms with Gasteiger partial charge in [0.25, 0.3) is 0 Å². The third kappa shape index (κ3) is 3.72. The van der Waals surface area contributed by atoms with Gasteiger partial charge in [0.05, 0.1) is 5.75 Å². The first-order valence-corrected chi connectivity index (χ1v) is 10.9. The number of thiophene rings is 1. The van der Waals surface area contributed by atoms with Gasteiger partial charge in [-0.15, -0.1) is 21.5 Å².